The van der Waals surface area contributed by atoms with Crippen molar-refractivity contribution in [2.45, 2.75) is 37.2 Å². The standard InChI is InChI=1S/C14H25N3O3S/c1-11-14(9-13(20-11)10-15-2)21(18,19)17(4)12-5-7-16(3)8-6-12/h9,12,15H,5-8,10H2,1-4H3. The fraction of sp³-hybridized carbons (Fsp3) is 0.714. The first-order valence-electron chi connectivity index (χ1n) is 7.26. The lowest BCUT2D eigenvalue weighted by atomic mass is 10.1. The predicted octanol–water partition coefficient (Wildman–Crippen LogP) is 1.02. The zero-order valence-electron chi connectivity index (χ0n) is 13.2. The van der Waals surface area contributed by atoms with Gasteiger partial charge >= 0.3 is 0 Å². The first kappa shape index (κ1) is 16.5. The summed E-state index contributed by atoms with van der Waals surface area (Å²) in [5.41, 5.74) is 0. The second-order valence-corrected chi connectivity index (χ2v) is 7.69. The van der Waals surface area contributed by atoms with E-state index in [-0.39, 0.29) is 10.9 Å². The third-order valence-electron chi connectivity index (χ3n) is 4.13. The lowest BCUT2D eigenvalue weighted by Crippen LogP contribution is -2.44. The highest BCUT2D eigenvalue weighted by molar-refractivity contribution is 7.89. The van der Waals surface area contributed by atoms with E-state index in [0.29, 0.717) is 18.1 Å². The number of hydrogen-bond donors (Lipinski definition) is 1. The maximum absolute atomic E-state index is 12.8. The van der Waals surface area contributed by atoms with E-state index >= 15 is 0 Å². The van der Waals surface area contributed by atoms with Gasteiger partial charge in [-0.2, -0.15) is 4.31 Å². The van der Waals surface area contributed by atoms with E-state index in [1.54, 1.807) is 27.1 Å². The number of piperidine rings is 1. The molecule has 0 atom stereocenters. The van der Waals surface area contributed by atoms with Crippen LogP contribution in [0.1, 0.15) is 24.4 Å². The Morgan fingerprint density at radius 2 is 2.05 bits per heavy atom. The lowest BCUT2D eigenvalue weighted by molar-refractivity contribution is 0.197. The molecule has 0 saturated carbocycles. The highest BCUT2D eigenvalue weighted by Crippen LogP contribution is 2.26. The number of nitrogens with zero attached hydrogens (tertiary/aromatic N) is 2. The molecule has 21 heavy (non-hydrogen) atoms. The number of aryl methyl sites for hydroxylation is 1. The van der Waals surface area contributed by atoms with Crippen LogP contribution in [0.5, 0.6) is 0 Å². The van der Waals surface area contributed by atoms with Crippen molar-refractivity contribution in [1.82, 2.24) is 14.5 Å². The van der Waals surface area contributed by atoms with Gasteiger partial charge in [0.05, 0.1) is 6.54 Å². The molecule has 0 radical (unpaired) electrons. The molecule has 1 aromatic rings. The topological polar surface area (TPSA) is 65.8 Å². The second-order valence-electron chi connectivity index (χ2n) is 5.72. The maximum atomic E-state index is 12.8. The molecule has 0 bridgehead atoms. The summed E-state index contributed by atoms with van der Waals surface area (Å²) >= 11 is 0. The van der Waals surface area contributed by atoms with Crippen LogP contribution in [-0.2, 0) is 16.6 Å². The van der Waals surface area contributed by atoms with E-state index in [1.807, 2.05) is 0 Å². The van der Waals surface area contributed by atoms with Gasteiger partial charge in [0.2, 0.25) is 10.0 Å². The molecular weight excluding hydrogens is 290 g/mol. The van der Waals surface area contributed by atoms with Crippen LogP contribution in [0.3, 0.4) is 0 Å². The molecule has 6 nitrogen and oxygen atoms in total. The van der Waals surface area contributed by atoms with Crippen molar-refractivity contribution >= 4 is 10.0 Å². The van der Waals surface area contributed by atoms with Gasteiger partial charge in [0.1, 0.15) is 16.4 Å². The molecule has 1 N–H and O–H groups in total. The Balaban J connectivity index is 2.20. The molecule has 0 spiro atoms. The van der Waals surface area contributed by atoms with E-state index in [0.717, 1.165) is 25.9 Å². The largest absolute Gasteiger partial charge is 0.464 e. The van der Waals surface area contributed by atoms with Crippen molar-refractivity contribution in [2.75, 3.05) is 34.2 Å². The van der Waals surface area contributed by atoms with Gasteiger partial charge in [-0.3, -0.25) is 0 Å². The van der Waals surface area contributed by atoms with Crippen LogP contribution >= 0.6 is 0 Å². The molecular formula is C14H25N3O3S. The fourth-order valence-electron chi connectivity index (χ4n) is 2.75. The van der Waals surface area contributed by atoms with Crippen molar-refractivity contribution in [3.63, 3.8) is 0 Å². The smallest absolute Gasteiger partial charge is 0.246 e. The summed E-state index contributed by atoms with van der Waals surface area (Å²) in [5, 5.41) is 2.97. The molecule has 0 aliphatic carbocycles. The Morgan fingerprint density at radius 3 is 2.62 bits per heavy atom. The summed E-state index contributed by atoms with van der Waals surface area (Å²) in [5.74, 6) is 1.10. The number of nitrogens with one attached hydrogen (secondary N) is 1. The Hall–Kier alpha value is -0.890. The molecule has 120 valence electrons. The van der Waals surface area contributed by atoms with Gasteiger partial charge in [-0.25, -0.2) is 8.42 Å². The summed E-state index contributed by atoms with van der Waals surface area (Å²) < 4.78 is 32.6. The quantitative estimate of drug-likeness (QED) is 0.879. The minimum absolute atomic E-state index is 0.0632. The number of likely N-dealkylation sites (tertiary alicyclic amines) is 1. The van der Waals surface area contributed by atoms with E-state index in [4.69, 9.17) is 4.42 Å². The third kappa shape index (κ3) is 3.48. The van der Waals surface area contributed by atoms with Crippen LogP contribution in [0.4, 0.5) is 0 Å². The van der Waals surface area contributed by atoms with Gasteiger partial charge in [0, 0.05) is 19.2 Å². The molecule has 1 aliphatic rings. The van der Waals surface area contributed by atoms with E-state index in [9.17, 15) is 8.42 Å². The Morgan fingerprint density at radius 1 is 1.43 bits per heavy atom. The van der Waals surface area contributed by atoms with E-state index in [2.05, 4.69) is 17.3 Å². The molecule has 1 fully saturated rings. The van der Waals surface area contributed by atoms with Crippen LogP contribution in [0.25, 0.3) is 0 Å². The van der Waals surface area contributed by atoms with Crippen LogP contribution in [0, 0.1) is 6.92 Å². The Kier molecular flexibility index (Phi) is 5.08. The molecule has 0 unspecified atom stereocenters. The van der Waals surface area contributed by atoms with E-state index < -0.39 is 10.0 Å². The number of rotatable bonds is 5. The average Bonchev–Trinajstić information content (AvgIpc) is 2.81. The van der Waals surface area contributed by atoms with Crippen molar-refractivity contribution in [3.8, 4) is 0 Å². The SMILES string of the molecule is CNCc1cc(S(=O)(=O)N(C)C2CCN(C)CC2)c(C)o1. The lowest BCUT2D eigenvalue weighted by Gasteiger charge is -2.34. The number of hydrogen-bond acceptors (Lipinski definition) is 5. The molecule has 1 aliphatic heterocycles. The molecule has 1 aromatic heterocycles. The Bertz CT molecular complexity index is 574. The zero-order valence-corrected chi connectivity index (χ0v) is 14.0. The summed E-state index contributed by atoms with van der Waals surface area (Å²) in [4.78, 5) is 2.51. The first-order chi connectivity index (χ1) is 9.86. The average molecular weight is 315 g/mol. The zero-order chi connectivity index (χ0) is 15.6. The fourth-order valence-corrected chi connectivity index (χ4v) is 4.35. The van der Waals surface area contributed by atoms with Gasteiger partial charge in [-0.15, -0.1) is 0 Å². The number of furan rings is 1. The van der Waals surface area contributed by atoms with Crippen LogP contribution < -0.4 is 5.32 Å². The van der Waals surface area contributed by atoms with Gasteiger partial charge in [-0.1, -0.05) is 0 Å². The summed E-state index contributed by atoms with van der Waals surface area (Å²) in [7, 11) is 2.05. The second kappa shape index (κ2) is 6.48. The first-order valence-corrected chi connectivity index (χ1v) is 8.70. The summed E-state index contributed by atoms with van der Waals surface area (Å²) in [6.45, 7) is 4.09. The highest BCUT2D eigenvalue weighted by atomic mass is 32.2. The van der Waals surface area contributed by atoms with Crippen LogP contribution in [0.2, 0.25) is 0 Å². The van der Waals surface area contributed by atoms with Crippen molar-refractivity contribution in [3.05, 3.63) is 17.6 Å². The summed E-state index contributed by atoms with van der Waals surface area (Å²) in [6, 6.07) is 1.69. The summed E-state index contributed by atoms with van der Waals surface area (Å²) in [6.07, 6.45) is 1.74. The van der Waals surface area contributed by atoms with Crippen LogP contribution in [0.15, 0.2) is 15.4 Å². The van der Waals surface area contributed by atoms with Gasteiger partial charge in [0.15, 0.2) is 0 Å². The van der Waals surface area contributed by atoms with Gasteiger partial charge < -0.3 is 14.6 Å². The monoisotopic (exact) mass is 315 g/mol. The molecule has 2 heterocycles. The highest BCUT2D eigenvalue weighted by Gasteiger charge is 2.32. The maximum Gasteiger partial charge on any atom is 0.246 e. The van der Waals surface area contributed by atoms with Crippen molar-refractivity contribution in [2.24, 2.45) is 0 Å². The van der Waals surface area contributed by atoms with Crippen LogP contribution in [-0.4, -0.2) is 57.9 Å². The predicted molar refractivity (Wildman–Crippen MR) is 81.7 cm³/mol. The molecule has 1 saturated heterocycles. The number of sulfonamides is 1. The normalized spacial score (nSPS) is 18.5. The Labute approximate surface area is 127 Å². The van der Waals surface area contributed by atoms with Crippen molar-refractivity contribution < 1.29 is 12.8 Å². The van der Waals surface area contributed by atoms with Gasteiger partial charge in [0.25, 0.3) is 0 Å². The molecule has 0 aromatic carbocycles. The van der Waals surface area contributed by atoms with Crippen molar-refractivity contribution in [1.29, 1.82) is 0 Å². The minimum Gasteiger partial charge on any atom is -0.464 e. The molecule has 0 amide bonds. The molecule has 2 rings (SSSR count). The van der Waals surface area contributed by atoms with E-state index in [1.165, 1.54) is 4.31 Å². The minimum atomic E-state index is -3.49. The molecule has 7 heteroatoms. The van der Waals surface area contributed by atoms with Gasteiger partial charge in [-0.05, 0) is 47.0 Å². The third-order valence-corrected chi connectivity index (χ3v) is 6.15.